The van der Waals surface area contributed by atoms with Crippen molar-refractivity contribution in [3.05, 3.63) is 42.5 Å². The number of hydrogen-bond acceptors (Lipinski definition) is 7. The lowest BCUT2D eigenvalue weighted by Gasteiger charge is -2.20. The van der Waals surface area contributed by atoms with Crippen LogP contribution in [0.4, 0.5) is 17.1 Å². The Hall–Kier alpha value is -2.49. The minimum Gasteiger partial charge on any atom is -0.490 e. The molecule has 0 aliphatic heterocycles. The SMILES string of the molecule is CCN(CC)c1ccc(/N=N/c2ccc(OCCOC)c(S(=O)(=O)O)c2)cc1. The first-order valence-corrected chi connectivity index (χ1v) is 10.3. The van der Waals surface area contributed by atoms with Gasteiger partial charge in [-0.15, -0.1) is 0 Å². The van der Waals surface area contributed by atoms with Crippen LogP contribution in [0.3, 0.4) is 0 Å². The summed E-state index contributed by atoms with van der Waals surface area (Å²) in [7, 11) is -2.97. The molecule has 0 heterocycles. The Morgan fingerprint density at radius 3 is 2.14 bits per heavy atom. The molecule has 152 valence electrons. The molecule has 28 heavy (non-hydrogen) atoms. The van der Waals surface area contributed by atoms with Crippen molar-refractivity contribution >= 4 is 27.2 Å². The van der Waals surface area contributed by atoms with Crippen LogP contribution in [0.25, 0.3) is 0 Å². The highest BCUT2D eigenvalue weighted by molar-refractivity contribution is 7.86. The van der Waals surface area contributed by atoms with Crippen LogP contribution in [0.15, 0.2) is 57.6 Å². The van der Waals surface area contributed by atoms with Crippen LogP contribution in [-0.2, 0) is 14.9 Å². The molecular weight excluding hydrogens is 382 g/mol. The lowest BCUT2D eigenvalue weighted by Crippen LogP contribution is -2.21. The van der Waals surface area contributed by atoms with Crippen LogP contribution in [-0.4, -0.2) is 46.4 Å². The van der Waals surface area contributed by atoms with Crippen LogP contribution >= 0.6 is 0 Å². The van der Waals surface area contributed by atoms with E-state index in [9.17, 15) is 13.0 Å². The quantitative estimate of drug-likeness (QED) is 0.359. The Labute approximate surface area is 165 Å². The third-order valence-corrected chi connectivity index (χ3v) is 4.88. The molecule has 9 heteroatoms. The number of anilines is 1. The van der Waals surface area contributed by atoms with Crippen molar-refractivity contribution in [3.8, 4) is 5.75 Å². The van der Waals surface area contributed by atoms with E-state index in [1.165, 1.54) is 19.2 Å². The van der Waals surface area contributed by atoms with Gasteiger partial charge in [-0.05, 0) is 56.3 Å². The molecular formula is C19H25N3O5S. The summed E-state index contributed by atoms with van der Waals surface area (Å²) in [6.45, 7) is 6.44. The lowest BCUT2D eigenvalue weighted by atomic mass is 10.2. The first kappa shape index (κ1) is 21.8. The number of benzene rings is 2. The maximum absolute atomic E-state index is 11.6. The monoisotopic (exact) mass is 407 g/mol. The fourth-order valence-electron chi connectivity index (χ4n) is 2.55. The Morgan fingerprint density at radius 2 is 1.57 bits per heavy atom. The minimum atomic E-state index is -4.47. The van der Waals surface area contributed by atoms with Gasteiger partial charge in [-0.1, -0.05) is 0 Å². The molecule has 0 saturated carbocycles. The van der Waals surface area contributed by atoms with Crippen LogP contribution in [0.5, 0.6) is 5.75 Å². The second-order valence-electron chi connectivity index (χ2n) is 5.84. The predicted molar refractivity (Wildman–Crippen MR) is 108 cm³/mol. The van der Waals surface area contributed by atoms with Crippen LogP contribution in [0, 0.1) is 0 Å². The summed E-state index contributed by atoms with van der Waals surface area (Å²) in [6, 6.07) is 11.8. The van der Waals surface area contributed by atoms with E-state index < -0.39 is 10.1 Å². The van der Waals surface area contributed by atoms with Gasteiger partial charge in [0.15, 0.2) is 0 Å². The van der Waals surface area contributed by atoms with E-state index in [0.29, 0.717) is 5.69 Å². The van der Waals surface area contributed by atoms with Crippen LogP contribution < -0.4 is 9.64 Å². The first-order chi connectivity index (χ1) is 13.4. The number of ether oxygens (including phenoxy) is 2. The van der Waals surface area contributed by atoms with E-state index in [4.69, 9.17) is 9.47 Å². The summed E-state index contributed by atoms with van der Waals surface area (Å²) >= 11 is 0. The molecule has 2 aromatic carbocycles. The van der Waals surface area contributed by atoms with E-state index >= 15 is 0 Å². The second kappa shape index (κ2) is 10.2. The normalized spacial score (nSPS) is 11.7. The number of rotatable bonds is 10. The number of hydrogen-bond donors (Lipinski definition) is 1. The molecule has 0 atom stereocenters. The van der Waals surface area contributed by atoms with Crippen LogP contribution in [0.2, 0.25) is 0 Å². The van der Waals surface area contributed by atoms with Crippen molar-refractivity contribution in [1.82, 2.24) is 0 Å². The zero-order chi connectivity index (χ0) is 20.6. The van der Waals surface area contributed by atoms with E-state index in [-0.39, 0.29) is 29.5 Å². The number of methoxy groups -OCH3 is 1. The van der Waals surface area contributed by atoms with Gasteiger partial charge in [0.25, 0.3) is 10.1 Å². The highest BCUT2D eigenvalue weighted by atomic mass is 32.2. The molecule has 0 fully saturated rings. The Morgan fingerprint density at radius 1 is 0.964 bits per heavy atom. The predicted octanol–water partition coefficient (Wildman–Crippen LogP) is 4.22. The molecule has 0 bridgehead atoms. The fourth-order valence-corrected chi connectivity index (χ4v) is 3.20. The topological polar surface area (TPSA) is 101 Å². The molecule has 0 spiro atoms. The molecule has 0 aliphatic carbocycles. The van der Waals surface area contributed by atoms with E-state index in [1.54, 1.807) is 6.07 Å². The van der Waals surface area contributed by atoms with E-state index in [1.807, 2.05) is 24.3 Å². The Kier molecular flexibility index (Phi) is 7.91. The highest BCUT2D eigenvalue weighted by Gasteiger charge is 2.17. The molecule has 0 radical (unpaired) electrons. The molecule has 8 nitrogen and oxygen atoms in total. The van der Waals surface area contributed by atoms with E-state index in [2.05, 4.69) is 29.0 Å². The van der Waals surface area contributed by atoms with Crippen molar-refractivity contribution in [2.24, 2.45) is 10.2 Å². The smallest absolute Gasteiger partial charge is 0.298 e. The summed E-state index contributed by atoms with van der Waals surface area (Å²) in [6.07, 6.45) is 0. The van der Waals surface area contributed by atoms with Gasteiger partial charge in [-0.2, -0.15) is 18.6 Å². The van der Waals surface area contributed by atoms with E-state index in [0.717, 1.165) is 18.8 Å². The summed E-state index contributed by atoms with van der Waals surface area (Å²) in [5.41, 5.74) is 2.00. The van der Waals surface area contributed by atoms with Gasteiger partial charge in [0.1, 0.15) is 17.3 Å². The van der Waals surface area contributed by atoms with Gasteiger partial charge in [0, 0.05) is 25.9 Å². The maximum atomic E-state index is 11.6. The number of azo groups is 1. The van der Waals surface area contributed by atoms with Crippen molar-refractivity contribution in [1.29, 1.82) is 0 Å². The van der Waals surface area contributed by atoms with Gasteiger partial charge in [0.05, 0.1) is 18.0 Å². The molecule has 2 aromatic rings. The third-order valence-electron chi connectivity index (χ3n) is 4.01. The fraction of sp³-hybridized carbons (Fsp3) is 0.368. The zero-order valence-electron chi connectivity index (χ0n) is 16.2. The highest BCUT2D eigenvalue weighted by Crippen LogP contribution is 2.30. The van der Waals surface area contributed by atoms with Crippen LogP contribution in [0.1, 0.15) is 13.8 Å². The number of nitrogens with zero attached hydrogens (tertiary/aromatic N) is 3. The van der Waals surface area contributed by atoms with Gasteiger partial charge < -0.3 is 14.4 Å². The van der Waals surface area contributed by atoms with Crippen molar-refractivity contribution in [2.45, 2.75) is 18.7 Å². The molecule has 0 aliphatic rings. The Bertz CT molecular complexity index is 894. The summed E-state index contributed by atoms with van der Waals surface area (Å²) in [5.74, 6) is 0.0297. The average molecular weight is 407 g/mol. The Balaban J connectivity index is 2.21. The molecule has 0 saturated heterocycles. The van der Waals surface area contributed by atoms with Crippen molar-refractivity contribution in [2.75, 3.05) is 38.3 Å². The standard InChI is InChI=1S/C19H25N3O5S/c1-4-22(5-2)17-9-6-15(7-10-17)20-21-16-8-11-18(27-13-12-26-3)19(14-16)28(23,24)25/h6-11,14H,4-5,12-13H2,1-3H3,(H,23,24,25)/b21-20+. The molecule has 0 amide bonds. The summed E-state index contributed by atoms with van der Waals surface area (Å²) in [4.78, 5) is 1.85. The lowest BCUT2D eigenvalue weighted by molar-refractivity contribution is 0.144. The van der Waals surface area contributed by atoms with Crippen molar-refractivity contribution < 1.29 is 22.4 Å². The zero-order valence-corrected chi connectivity index (χ0v) is 17.0. The second-order valence-corrected chi connectivity index (χ2v) is 7.23. The largest absolute Gasteiger partial charge is 0.490 e. The van der Waals surface area contributed by atoms with Gasteiger partial charge in [-0.25, -0.2) is 0 Å². The van der Waals surface area contributed by atoms with Gasteiger partial charge in [-0.3, -0.25) is 4.55 Å². The first-order valence-electron chi connectivity index (χ1n) is 8.89. The van der Waals surface area contributed by atoms with Gasteiger partial charge in [0.2, 0.25) is 0 Å². The summed E-state index contributed by atoms with van der Waals surface area (Å²) in [5, 5.41) is 8.18. The van der Waals surface area contributed by atoms with Gasteiger partial charge >= 0.3 is 0 Å². The molecule has 1 N–H and O–H groups in total. The molecule has 0 aromatic heterocycles. The molecule has 2 rings (SSSR count). The molecule has 0 unspecified atom stereocenters. The maximum Gasteiger partial charge on any atom is 0.298 e. The summed E-state index contributed by atoms with van der Waals surface area (Å²) < 4.78 is 42.9. The third kappa shape index (κ3) is 6.01. The minimum absolute atomic E-state index is 0.0297. The van der Waals surface area contributed by atoms with Crippen molar-refractivity contribution in [3.63, 3.8) is 0 Å². The average Bonchev–Trinajstić information content (AvgIpc) is 2.68.